The van der Waals surface area contributed by atoms with E-state index in [2.05, 4.69) is 4.89 Å². The number of rotatable bonds is 4. The lowest BCUT2D eigenvalue weighted by atomic mass is 10.1. The molecular weight excluding hydrogens is 210 g/mol. The number of hydrogen-bond acceptors (Lipinski definition) is 5. The highest BCUT2D eigenvalue weighted by Gasteiger charge is 2.13. The molecule has 0 heterocycles. The highest BCUT2D eigenvalue weighted by molar-refractivity contribution is 5.99. The molecule has 0 aliphatic heterocycles. The van der Waals surface area contributed by atoms with Crippen molar-refractivity contribution in [3.63, 3.8) is 0 Å². The van der Waals surface area contributed by atoms with Gasteiger partial charge >= 0.3 is 5.97 Å². The summed E-state index contributed by atoms with van der Waals surface area (Å²) >= 11 is 0. The fourth-order valence-electron chi connectivity index (χ4n) is 1.13. The smallest absolute Gasteiger partial charge is 0.352 e. The van der Waals surface area contributed by atoms with Gasteiger partial charge in [-0.15, -0.1) is 0 Å². The Labute approximate surface area is 93.1 Å². The number of nitrogens with two attached hydrogens (primary N) is 1. The van der Waals surface area contributed by atoms with Crippen molar-refractivity contribution < 1.29 is 19.4 Å². The van der Waals surface area contributed by atoms with Crippen LogP contribution in [0.25, 0.3) is 0 Å². The van der Waals surface area contributed by atoms with Gasteiger partial charge in [0.15, 0.2) is 11.5 Å². The lowest BCUT2D eigenvalue weighted by molar-refractivity contribution is -0.211. The number of ketones is 1. The standard InChI is InChI=1S/C11H13NO4/c1-3-10(14)9-6-8(12)4-5-11(9)16-15-7(2)13/h4-6H,3,12H2,1-2H3. The van der Waals surface area contributed by atoms with Crippen molar-refractivity contribution in [2.24, 2.45) is 0 Å². The zero-order valence-corrected chi connectivity index (χ0v) is 9.15. The maximum absolute atomic E-state index is 11.6. The van der Waals surface area contributed by atoms with Gasteiger partial charge in [0.2, 0.25) is 0 Å². The van der Waals surface area contributed by atoms with Crippen LogP contribution in [0.4, 0.5) is 5.69 Å². The first kappa shape index (κ1) is 12.0. The summed E-state index contributed by atoms with van der Waals surface area (Å²) in [6.07, 6.45) is 0.319. The summed E-state index contributed by atoms with van der Waals surface area (Å²) in [6.45, 7) is 2.93. The van der Waals surface area contributed by atoms with Crippen LogP contribution in [0.1, 0.15) is 30.6 Å². The van der Waals surface area contributed by atoms with Gasteiger partial charge in [-0.1, -0.05) is 6.92 Å². The minimum atomic E-state index is -0.591. The van der Waals surface area contributed by atoms with Crippen molar-refractivity contribution in [1.82, 2.24) is 0 Å². The first-order valence-electron chi connectivity index (χ1n) is 4.82. The molecule has 1 aromatic carbocycles. The molecule has 1 rings (SSSR count). The molecule has 0 atom stereocenters. The number of carbonyl (C=O) groups is 2. The molecule has 0 unspecified atom stereocenters. The van der Waals surface area contributed by atoms with E-state index in [0.717, 1.165) is 0 Å². The lowest BCUT2D eigenvalue weighted by Crippen LogP contribution is -2.07. The zero-order chi connectivity index (χ0) is 12.1. The predicted molar refractivity (Wildman–Crippen MR) is 57.9 cm³/mol. The molecular formula is C11H13NO4. The SMILES string of the molecule is CCC(=O)c1cc(N)ccc1OOC(C)=O. The van der Waals surface area contributed by atoms with E-state index in [4.69, 9.17) is 10.6 Å². The van der Waals surface area contributed by atoms with Crippen molar-refractivity contribution in [2.75, 3.05) is 5.73 Å². The maximum atomic E-state index is 11.6. The van der Waals surface area contributed by atoms with E-state index in [9.17, 15) is 9.59 Å². The van der Waals surface area contributed by atoms with Gasteiger partial charge in [-0.25, -0.2) is 4.79 Å². The van der Waals surface area contributed by atoms with E-state index >= 15 is 0 Å². The fourth-order valence-corrected chi connectivity index (χ4v) is 1.13. The van der Waals surface area contributed by atoms with Gasteiger partial charge < -0.3 is 5.73 Å². The molecule has 86 valence electrons. The summed E-state index contributed by atoms with van der Waals surface area (Å²) in [5.74, 6) is -0.530. The molecule has 2 N–H and O–H groups in total. The van der Waals surface area contributed by atoms with Gasteiger partial charge in [-0.2, -0.15) is 0 Å². The molecule has 0 aliphatic carbocycles. The fraction of sp³-hybridized carbons (Fsp3) is 0.273. The van der Waals surface area contributed by atoms with Gasteiger partial charge in [0.1, 0.15) is 0 Å². The Hall–Kier alpha value is -2.04. The first-order valence-corrected chi connectivity index (χ1v) is 4.82. The number of Topliss-reactive ketones (excluding diaryl/α,β-unsaturated/α-hetero) is 1. The molecule has 5 heteroatoms. The van der Waals surface area contributed by atoms with Gasteiger partial charge in [0.05, 0.1) is 5.56 Å². The average molecular weight is 223 g/mol. The minimum Gasteiger partial charge on any atom is -0.399 e. The minimum absolute atomic E-state index is 0.130. The number of hydrogen-bond donors (Lipinski definition) is 1. The zero-order valence-electron chi connectivity index (χ0n) is 9.15. The van der Waals surface area contributed by atoms with Gasteiger partial charge in [-0.3, -0.25) is 14.6 Å². The Kier molecular flexibility index (Phi) is 3.88. The monoisotopic (exact) mass is 223 g/mol. The molecule has 0 spiro atoms. The second kappa shape index (κ2) is 5.16. The number of carbonyl (C=O) groups excluding carboxylic acids is 2. The highest BCUT2D eigenvalue weighted by atomic mass is 17.2. The van der Waals surface area contributed by atoms with Gasteiger partial charge in [0.25, 0.3) is 0 Å². The topological polar surface area (TPSA) is 78.6 Å². The third kappa shape index (κ3) is 2.98. The van der Waals surface area contributed by atoms with E-state index < -0.39 is 5.97 Å². The second-order valence-electron chi connectivity index (χ2n) is 3.19. The van der Waals surface area contributed by atoms with Crippen molar-refractivity contribution in [1.29, 1.82) is 0 Å². The molecule has 0 amide bonds. The highest BCUT2D eigenvalue weighted by Crippen LogP contribution is 2.23. The van der Waals surface area contributed by atoms with E-state index in [0.29, 0.717) is 17.7 Å². The second-order valence-corrected chi connectivity index (χ2v) is 3.19. The summed E-state index contributed by atoms with van der Waals surface area (Å²) < 4.78 is 0. The molecule has 0 bridgehead atoms. The van der Waals surface area contributed by atoms with Crippen LogP contribution in [0.3, 0.4) is 0 Å². The molecule has 5 nitrogen and oxygen atoms in total. The average Bonchev–Trinajstić information content (AvgIpc) is 2.26. The van der Waals surface area contributed by atoms with E-state index in [1.807, 2.05) is 0 Å². The lowest BCUT2D eigenvalue weighted by Gasteiger charge is -2.07. The molecule has 16 heavy (non-hydrogen) atoms. The normalized spacial score (nSPS) is 9.62. The van der Waals surface area contributed by atoms with E-state index in [-0.39, 0.29) is 11.5 Å². The third-order valence-corrected chi connectivity index (χ3v) is 1.87. The van der Waals surface area contributed by atoms with Crippen LogP contribution in [-0.2, 0) is 9.68 Å². The molecule has 0 saturated carbocycles. The van der Waals surface area contributed by atoms with Crippen LogP contribution >= 0.6 is 0 Å². The van der Waals surface area contributed by atoms with Crippen LogP contribution in [-0.4, -0.2) is 11.8 Å². The van der Waals surface area contributed by atoms with E-state index in [1.54, 1.807) is 13.0 Å². The Bertz CT molecular complexity index is 414. The van der Waals surface area contributed by atoms with Crippen LogP contribution in [0.15, 0.2) is 18.2 Å². The largest absolute Gasteiger partial charge is 0.399 e. The number of nitrogen functional groups attached to an aromatic ring is 1. The summed E-state index contributed by atoms with van der Waals surface area (Å²) in [7, 11) is 0. The Morgan fingerprint density at radius 3 is 2.62 bits per heavy atom. The molecule has 1 aromatic rings. The van der Waals surface area contributed by atoms with Crippen molar-refractivity contribution in [3.05, 3.63) is 23.8 Å². The van der Waals surface area contributed by atoms with Gasteiger partial charge in [0, 0.05) is 19.0 Å². The van der Waals surface area contributed by atoms with Crippen LogP contribution < -0.4 is 10.6 Å². The predicted octanol–water partition coefficient (Wildman–Crippen LogP) is 1.72. The molecule has 0 saturated heterocycles. The summed E-state index contributed by atoms with van der Waals surface area (Å²) in [5.41, 5.74) is 6.32. The Balaban J connectivity index is 2.98. The Morgan fingerprint density at radius 1 is 1.38 bits per heavy atom. The molecule has 0 radical (unpaired) electrons. The maximum Gasteiger partial charge on any atom is 0.352 e. The summed E-state index contributed by atoms with van der Waals surface area (Å²) in [5, 5.41) is 0. The van der Waals surface area contributed by atoms with Crippen LogP contribution in [0.2, 0.25) is 0 Å². The van der Waals surface area contributed by atoms with Crippen LogP contribution in [0, 0.1) is 0 Å². The van der Waals surface area contributed by atoms with Crippen LogP contribution in [0.5, 0.6) is 5.75 Å². The van der Waals surface area contributed by atoms with E-state index in [1.165, 1.54) is 19.1 Å². The van der Waals surface area contributed by atoms with Crippen molar-refractivity contribution in [2.45, 2.75) is 20.3 Å². The van der Waals surface area contributed by atoms with Crippen molar-refractivity contribution in [3.8, 4) is 5.75 Å². The first-order chi connectivity index (χ1) is 7.54. The molecule has 0 fully saturated rings. The van der Waals surface area contributed by atoms with Gasteiger partial charge in [-0.05, 0) is 18.2 Å². The Morgan fingerprint density at radius 2 is 2.06 bits per heavy atom. The third-order valence-electron chi connectivity index (χ3n) is 1.87. The molecule has 0 aliphatic rings. The number of anilines is 1. The van der Waals surface area contributed by atoms with Crippen molar-refractivity contribution >= 4 is 17.4 Å². The molecule has 0 aromatic heterocycles. The number of benzene rings is 1. The summed E-state index contributed by atoms with van der Waals surface area (Å²) in [6, 6.07) is 4.54. The quantitative estimate of drug-likeness (QED) is 0.364. The summed E-state index contributed by atoms with van der Waals surface area (Å²) in [4.78, 5) is 31.3.